The molecule has 2 amide bonds. The molecule has 8 heteroatoms. The average Bonchev–Trinajstić information content (AvgIpc) is 2.68. The minimum Gasteiger partial charge on any atom is -0.493 e. The van der Waals surface area contributed by atoms with Crippen LogP contribution >= 0.6 is 22.6 Å². The third-order valence-corrected chi connectivity index (χ3v) is 5.73. The Bertz CT molecular complexity index is 671. The van der Waals surface area contributed by atoms with Crippen LogP contribution in [0.1, 0.15) is 24.2 Å². The number of ether oxygens (including phenoxy) is 2. The summed E-state index contributed by atoms with van der Waals surface area (Å²) in [5, 5.41) is 0. The van der Waals surface area contributed by atoms with Gasteiger partial charge >= 0.3 is 0 Å². The van der Waals surface area contributed by atoms with Crippen LogP contribution in [-0.4, -0.2) is 86.5 Å². The molecule has 0 unspecified atom stereocenters. The summed E-state index contributed by atoms with van der Waals surface area (Å²) in [5.74, 6) is 1.28. The second-order valence-corrected chi connectivity index (χ2v) is 7.48. The number of likely N-dealkylation sites (N-methyl/N-ethyl adjacent to an activating group) is 1. The van der Waals surface area contributed by atoms with Crippen molar-refractivity contribution in [1.29, 1.82) is 0 Å². The van der Waals surface area contributed by atoms with Crippen molar-refractivity contribution in [3.8, 4) is 11.5 Å². The number of hydrogen-bond acceptors (Lipinski definition) is 5. The number of hydrogen-bond donors (Lipinski definition) is 0. The van der Waals surface area contributed by atoms with Gasteiger partial charge in [-0.15, -0.1) is 0 Å². The zero-order valence-electron chi connectivity index (χ0n) is 16.5. The van der Waals surface area contributed by atoms with Crippen molar-refractivity contribution in [2.75, 3.05) is 60.0 Å². The first-order valence-corrected chi connectivity index (χ1v) is 10.2. The van der Waals surface area contributed by atoms with E-state index in [1.54, 1.807) is 20.3 Å². The van der Waals surface area contributed by atoms with Gasteiger partial charge in [0.1, 0.15) is 0 Å². The molecule has 1 aliphatic rings. The Balaban J connectivity index is 2.00. The summed E-state index contributed by atoms with van der Waals surface area (Å²) in [6.07, 6.45) is 0. The zero-order valence-corrected chi connectivity index (χ0v) is 18.6. The molecular formula is C19H28IN3O4. The third-order valence-electron chi connectivity index (χ3n) is 4.84. The standard InChI is InChI=1S/C19H28IN3O4/c1-5-22(6-2)18(24)13-21-7-9-23(10-8-21)19(25)14-11-16(26-3)17(27-4)12-15(14)20/h11-12H,5-10,13H2,1-4H3. The molecule has 0 bridgehead atoms. The largest absolute Gasteiger partial charge is 0.493 e. The summed E-state index contributed by atoms with van der Waals surface area (Å²) in [4.78, 5) is 31.0. The Morgan fingerprint density at radius 3 is 2.11 bits per heavy atom. The van der Waals surface area contributed by atoms with Gasteiger partial charge in [-0.2, -0.15) is 0 Å². The summed E-state index contributed by atoms with van der Waals surface area (Å²) < 4.78 is 11.4. The van der Waals surface area contributed by atoms with E-state index < -0.39 is 0 Å². The maximum atomic E-state index is 12.9. The van der Waals surface area contributed by atoms with E-state index >= 15 is 0 Å². The summed E-state index contributed by atoms with van der Waals surface area (Å²) in [6, 6.07) is 3.55. The molecular weight excluding hydrogens is 461 g/mol. The molecule has 0 saturated carbocycles. The number of halogens is 1. The Labute approximate surface area is 174 Å². The number of carbonyl (C=O) groups is 2. The van der Waals surface area contributed by atoms with Gasteiger partial charge in [0.2, 0.25) is 5.91 Å². The van der Waals surface area contributed by atoms with Gasteiger partial charge < -0.3 is 19.3 Å². The maximum absolute atomic E-state index is 12.9. The van der Waals surface area contributed by atoms with E-state index in [2.05, 4.69) is 27.5 Å². The Morgan fingerprint density at radius 1 is 1.04 bits per heavy atom. The molecule has 1 heterocycles. The molecule has 27 heavy (non-hydrogen) atoms. The molecule has 1 fully saturated rings. The molecule has 2 rings (SSSR count). The van der Waals surface area contributed by atoms with Gasteiger partial charge in [0.15, 0.2) is 11.5 Å². The van der Waals surface area contributed by atoms with Crippen molar-refractivity contribution in [1.82, 2.24) is 14.7 Å². The second kappa shape index (κ2) is 10.1. The maximum Gasteiger partial charge on any atom is 0.255 e. The number of carbonyl (C=O) groups excluding carboxylic acids is 2. The van der Waals surface area contributed by atoms with E-state index in [0.717, 1.165) is 16.7 Å². The topological polar surface area (TPSA) is 62.3 Å². The van der Waals surface area contributed by atoms with Crippen molar-refractivity contribution >= 4 is 34.4 Å². The molecule has 1 aliphatic heterocycles. The number of amides is 2. The van der Waals surface area contributed by atoms with Crippen molar-refractivity contribution in [2.45, 2.75) is 13.8 Å². The van der Waals surface area contributed by atoms with E-state index in [1.807, 2.05) is 29.7 Å². The number of methoxy groups -OCH3 is 2. The minimum absolute atomic E-state index is 0.0185. The Kier molecular flexibility index (Phi) is 8.15. The van der Waals surface area contributed by atoms with E-state index in [9.17, 15) is 9.59 Å². The van der Waals surface area contributed by atoms with E-state index in [1.165, 1.54) is 0 Å². The predicted octanol–water partition coefficient (Wildman–Crippen LogP) is 1.93. The first-order valence-electron chi connectivity index (χ1n) is 9.16. The second-order valence-electron chi connectivity index (χ2n) is 6.32. The molecule has 0 radical (unpaired) electrons. The molecule has 1 aromatic rings. The predicted molar refractivity (Wildman–Crippen MR) is 113 cm³/mol. The van der Waals surface area contributed by atoms with Crippen LogP contribution in [0, 0.1) is 3.57 Å². The van der Waals surface area contributed by atoms with Crippen LogP contribution in [0.5, 0.6) is 11.5 Å². The lowest BCUT2D eigenvalue weighted by Crippen LogP contribution is -2.51. The highest BCUT2D eigenvalue weighted by Gasteiger charge is 2.26. The Morgan fingerprint density at radius 2 is 1.59 bits per heavy atom. The molecule has 150 valence electrons. The van der Waals surface area contributed by atoms with Gasteiger partial charge in [0.05, 0.1) is 26.3 Å². The number of rotatable bonds is 7. The van der Waals surface area contributed by atoms with E-state index in [0.29, 0.717) is 49.8 Å². The lowest BCUT2D eigenvalue weighted by Gasteiger charge is -2.35. The molecule has 7 nitrogen and oxygen atoms in total. The van der Waals surface area contributed by atoms with Crippen LogP contribution in [0.3, 0.4) is 0 Å². The summed E-state index contributed by atoms with van der Waals surface area (Å²) in [5.41, 5.74) is 0.612. The number of nitrogens with zero attached hydrogens (tertiary/aromatic N) is 3. The van der Waals surface area contributed by atoms with Crippen molar-refractivity contribution in [2.24, 2.45) is 0 Å². The SMILES string of the molecule is CCN(CC)C(=O)CN1CCN(C(=O)c2cc(OC)c(OC)cc2I)CC1. The van der Waals surface area contributed by atoms with Crippen LogP contribution in [0.25, 0.3) is 0 Å². The van der Waals surface area contributed by atoms with Gasteiger partial charge in [-0.3, -0.25) is 14.5 Å². The molecule has 1 aromatic carbocycles. The molecule has 0 atom stereocenters. The lowest BCUT2D eigenvalue weighted by atomic mass is 10.1. The highest BCUT2D eigenvalue weighted by Crippen LogP contribution is 2.32. The first kappa shape index (κ1) is 21.7. The van der Waals surface area contributed by atoms with Crippen molar-refractivity contribution < 1.29 is 19.1 Å². The van der Waals surface area contributed by atoms with Crippen molar-refractivity contribution in [3.63, 3.8) is 0 Å². The summed E-state index contributed by atoms with van der Waals surface area (Å²) >= 11 is 2.15. The smallest absolute Gasteiger partial charge is 0.255 e. The molecule has 0 spiro atoms. The van der Waals surface area contributed by atoms with E-state index in [-0.39, 0.29) is 11.8 Å². The fourth-order valence-corrected chi connectivity index (χ4v) is 3.83. The quantitative estimate of drug-likeness (QED) is 0.548. The van der Waals surface area contributed by atoms with Gasteiger partial charge in [0.25, 0.3) is 5.91 Å². The van der Waals surface area contributed by atoms with Crippen LogP contribution in [0.15, 0.2) is 12.1 Å². The molecule has 0 aromatic heterocycles. The Hall–Kier alpha value is -1.55. The molecule has 0 aliphatic carbocycles. The highest BCUT2D eigenvalue weighted by molar-refractivity contribution is 14.1. The van der Waals surface area contributed by atoms with Gasteiger partial charge in [0, 0.05) is 42.8 Å². The molecule has 1 saturated heterocycles. The van der Waals surface area contributed by atoms with Crippen molar-refractivity contribution in [3.05, 3.63) is 21.3 Å². The lowest BCUT2D eigenvalue weighted by molar-refractivity contribution is -0.132. The monoisotopic (exact) mass is 489 g/mol. The fraction of sp³-hybridized carbons (Fsp3) is 0.579. The highest BCUT2D eigenvalue weighted by atomic mass is 127. The fourth-order valence-electron chi connectivity index (χ4n) is 3.17. The zero-order chi connectivity index (χ0) is 20.0. The number of piperazine rings is 1. The van der Waals surface area contributed by atoms with Crippen LogP contribution in [0.4, 0.5) is 0 Å². The summed E-state index contributed by atoms with van der Waals surface area (Å²) in [6.45, 7) is 8.45. The van der Waals surface area contributed by atoms with Gasteiger partial charge in [-0.1, -0.05) is 0 Å². The normalized spacial score (nSPS) is 14.8. The first-order chi connectivity index (χ1) is 12.9. The molecule has 0 N–H and O–H groups in total. The van der Waals surface area contributed by atoms with Crippen LogP contribution < -0.4 is 9.47 Å². The van der Waals surface area contributed by atoms with Gasteiger partial charge in [-0.25, -0.2) is 0 Å². The van der Waals surface area contributed by atoms with Crippen LogP contribution in [-0.2, 0) is 4.79 Å². The van der Waals surface area contributed by atoms with E-state index in [4.69, 9.17) is 9.47 Å². The van der Waals surface area contributed by atoms with Crippen LogP contribution in [0.2, 0.25) is 0 Å². The number of benzene rings is 1. The summed E-state index contributed by atoms with van der Waals surface area (Å²) in [7, 11) is 3.14. The minimum atomic E-state index is -0.0185. The third kappa shape index (κ3) is 5.25. The van der Waals surface area contributed by atoms with Gasteiger partial charge in [-0.05, 0) is 48.6 Å². The average molecular weight is 489 g/mol.